The molecule has 0 bridgehead atoms. The average molecular weight is 360 g/mol. The lowest BCUT2D eigenvalue weighted by molar-refractivity contribution is -0.173. The molecule has 1 N–H and O–H groups in total. The van der Waals surface area contributed by atoms with Gasteiger partial charge in [-0.25, -0.2) is 4.98 Å². The number of nitrogens with one attached hydrogen (secondary N) is 1. The monoisotopic (exact) mass is 359 g/mol. The molecule has 2 atom stereocenters. The van der Waals surface area contributed by atoms with Crippen LogP contribution in [0.15, 0.2) is 18.3 Å². The Labute approximate surface area is 157 Å². The van der Waals surface area contributed by atoms with E-state index in [1.54, 1.807) is 0 Å². The molecule has 2 aliphatic heterocycles. The molecule has 26 heavy (non-hydrogen) atoms. The van der Waals surface area contributed by atoms with E-state index in [9.17, 15) is 0 Å². The van der Waals surface area contributed by atoms with Crippen LogP contribution in [0.5, 0.6) is 0 Å². The molecule has 2 unspecified atom stereocenters. The van der Waals surface area contributed by atoms with Crippen LogP contribution in [0.4, 0.5) is 5.82 Å². The van der Waals surface area contributed by atoms with Crippen molar-refractivity contribution in [2.45, 2.75) is 64.1 Å². The summed E-state index contributed by atoms with van der Waals surface area (Å²) in [5, 5.41) is 3.83. The summed E-state index contributed by atoms with van der Waals surface area (Å²) in [6, 6.07) is 4.96. The molecule has 3 aliphatic rings. The molecule has 1 aliphatic carbocycles. The summed E-state index contributed by atoms with van der Waals surface area (Å²) < 4.78 is 11.7. The van der Waals surface area contributed by atoms with Gasteiger partial charge in [0, 0.05) is 57.1 Å². The molecule has 1 aromatic heterocycles. The van der Waals surface area contributed by atoms with Crippen molar-refractivity contribution in [2.24, 2.45) is 5.41 Å². The van der Waals surface area contributed by atoms with Crippen molar-refractivity contribution < 1.29 is 9.47 Å². The van der Waals surface area contributed by atoms with Gasteiger partial charge in [-0.05, 0) is 63.1 Å². The normalized spacial score (nSPS) is 28.1. The van der Waals surface area contributed by atoms with E-state index in [-0.39, 0.29) is 5.41 Å². The highest BCUT2D eigenvalue weighted by Crippen LogP contribution is 2.50. The van der Waals surface area contributed by atoms with E-state index in [1.807, 2.05) is 6.20 Å². The molecule has 1 spiro atoms. The van der Waals surface area contributed by atoms with Gasteiger partial charge in [0.15, 0.2) is 0 Å². The minimum Gasteiger partial charge on any atom is -0.381 e. The van der Waals surface area contributed by atoms with Crippen molar-refractivity contribution >= 4 is 5.82 Å². The van der Waals surface area contributed by atoms with Crippen molar-refractivity contribution in [1.29, 1.82) is 0 Å². The van der Waals surface area contributed by atoms with Crippen molar-refractivity contribution in [3.63, 3.8) is 0 Å². The lowest BCUT2D eigenvalue weighted by Gasteiger charge is -2.57. The van der Waals surface area contributed by atoms with Gasteiger partial charge in [0.25, 0.3) is 0 Å². The number of rotatable bonds is 6. The number of nitrogens with zero attached hydrogens (tertiary/aromatic N) is 2. The fraction of sp³-hybridized carbons (Fsp3) is 0.762. The minimum atomic E-state index is 0.275. The summed E-state index contributed by atoms with van der Waals surface area (Å²) >= 11 is 0. The number of hydrogen-bond acceptors (Lipinski definition) is 5. The first-order valence-corrected chi connectivity index (χ1v) is 10.4. The van der Waals surface area contributed by atoms with Crippen LogP contribution in [-0.4, -0.2) is 50.0 Å². The van der Waals surface area contributed by atoms with Crippen LogP contribution >= 0.6 is 0 Å². The summed E-state index contributed by atoms with van der Waals surface area (Å²) in [6.45, 7) is 7.86. The summed E-state index contributed by atoms with van der Waals surface area (Å²) in [5.74, 6) is 1.14. The van der Waals surface area contributed by atoms with Gasteiger partial charge < -0.3 is 19.7 Å². The van der Waals surface area contributed by atoms with Gasteiger partial charge in [0.05, 0.1) is 6.10 Å². The van der Waals surface area contributed by atoms with Crippen LogP contribution in [0.25, 0.3) is 0 Å². The van der Waals surface area contributed by atoms with Crippen molar-refractivity contribution in [2.75, 3.05) is 37.8 Å². The number of pyridine rings is 1. The predicted molar refractivity (Wildman–Crippen MR) is 103 cm³/mol. The van der Waals surface area contributed by atoms with Gasteiger partial charge in [-0.15, -0.1) is 0 Å². The number of hydrogen-bond donors (Lipinski definition) is 1. The molecule has 4 rings (SSSR count). The van der Waals surface area contributed by atoms with E-state index in [2.05, 4.69) is 34.3 Å². The maximum absolute atomic E-state index is 6.04. The molecule has 1 saturated carbocycles. The molecule has 5 heteroatoms. The Balaban J connectivity index is 1.37. The molecule has 5 nitrogen and oxygen atoms in total. The Morgan fingerprint density at radius 2 is 2.08 bits per heavy atom. The molecular formula is C21H33N3O2. The first-order valence-electron chi connectivity index (χ1n) is 10.4. The first-order chi connectivity index (χ1) is 12.8. The predicted octanol–water partition coefficient (Wildman–Crippen LogP) is 3.14. The van der Waals surface area contributed by atoms with Crippen molar-refractivity contribution in [1.82, 2.24) is 10.3 Å². The quantitative estimate of drug-likeness (QED) is 0.845. The molecule has 0 amide bonds. The topological polar surface area (TPSA) is 46.6 Å². The van der Waals surface area contributed by atoms with E-state index >= 15 is 0 Å². The minimum absolute atomic E-state index is 0.275. The molecule has 3 heterocycles. The summed E-state index contributed by atoms with van der Waals surface area (Å²) in [7, 11) is 0. The Hall–Kier alpha value is -1.17. The third kappa shape index (κ3) is 3.62. The van der Waals surface area contributed by atoms with Gasteiger partial charge >= 0.3 is 0 Å². The maximum atomic E-state index is 6.04. The number of piperidine rings is 1. The van der Waals surface area contributed by atoms with Crippen LogP contribution < -0.4 is 10.2 Å². The fourth-order valence-electron chi connectivity index (χ4n) is 5.00. The Bertz CT molecular complexity index is 582. The zero-order valence-electron chi connectivity index (χ0n) is 16.1. The molecule has 2 saturated heterocycles. The van der Waals surface area contributed by atoms with Gasteiger partial charge in [0.1, 0.15) is 5.82 Å². The second kappa shape index (κ2) is 8.24. The smallest absolute Gasteiger partial charge is 0.128 e. The fourth-order valence-corrected chi connectivity index (χ4v) is 5.00. The molecule has 0 aromatic carbocycles. The van der Waals surface area contributed by atoms with Crippen LogP contribution in [-0.2, 0) is 16.0 Å². The zero-order valence-corrected chi connectivity index (χ0v) is 16.1. The Morgan fingerprint density at radius 1 is 1.27 bits per heavy atom. The highest BCUT2D eigenvalue weighted by Gasteiger charge is 2.55. The first kappa shape index (κ1) is 18.2. The van der Waals surface area contributed by atoms with E-state index in [4.69, 9.17) is 9.47 Å². The third-order valence-corrected chi connectivity index (χ3v) is 6.62. The van der Waals surface area contributed by atoms with Crippen molar-refractivity contribution in [3.8, 4) is 0 Å². The molecule has 144 valence electrons. The van der Waals surface area contributed by atoms with Crippen molar-refractivity contribution in [3.05, 3.63) is 23.9 Å². The number of anilines is 1. The van der Waals surface area contributed by atoms with Gasteiger partial charge in [-0.1, -0.05) is 0 Å². The highest BCUT2D eigenvalue weighted by molar-refractivity contribution is 5.41. The largest absolute Gasteiger partial charge is 0.381 e. The highest BCUT2D eigenvalue weighted by atomic mass is 16.5. The lowest BCUT2D eigenvalue weighted by Crippen LogP contribution is -2.65. The van der Waals surface area contributed by atoms with Crippen LogP contribution in [0.3, 0.4) is 0 Å². The molecular weight excluding hydrogens is 326 g/mol. The standard InChI is InChI=1S/C21H33N3O2/c1-2-26-19-15-18(21(19)7-12-25-13-8-21)23-16-17-6-9-22-20(14-17)24-10-4-3-5-11-24/h6,9,14,18-19,23H,2-5,7-8,10-13,15-16H2,1H3. The van der Waals surface area contributed by atoms with E-state index < -0.39 is 0 Å². The molecule has 0 radical (unpaired) electrons. The van der Waals surface area contributed by atoms with E-state index in [0.29, 0.717) is 12.1 Å². The van der Waals surface area contributed by atoms with Gasteiger partial charge in [-0.2, -0.15) is 0 Å². The zero-order chi connectivity index (χ0) is 17.8. The second-order valence-electron chi connectivity index (χ2n) is 8.03. The third-order valence-electron chi connectivity index (χ3n) is 6.62. The molecule has 3 fully saturated rings. The van der Waals surface area contributed by atoms with E-state index in [1.165, 1.54) is 24.8 Å². The number of aromatic nitrogens is 1. The Morgan fingerprint density at radius 3 is 2.85 bits per heavy atom. The number of ether oxygens (including phenoxy) is 2. The summed E-state index contributed by atoms with van der Waals surface area (Å²) in [6.07, 6.45) is 9.65. The van der Waals surface area contributed by atoms with Gasteiger partial charge in [0.2, 0.25) is 0 Å². The van der Waals surface area contributed by atoms with E-state index in [0.717, 1.165) is 64.5 Å². The van der Waals surface area contributed by atoms with Gasteiger partial charge in [-0.3, -0.25) is 0 Å². The lowest BCUT2D eigenvalue weighted by atomic mass is 9.57. The average Bonchev–Trinajstić information content (AvgIpc) is 2.71. The second-order valence-corrected chi connectivity index (χ2v) is 8.03. The summed E-state index contributed by atoms with van der Waals surface area (Å²) in [5.41, 5.74) is 1.61. The SMILES string of the molecule is CCOC1CC(NCc2ccnc(N3CCCCC3)c2)C12CCOCC2. The van der Waals surface area contributed by atoms with Crippen LogP contribution in [0.2, 0.25) is 0 Å². The maximum Gasteiger partial charge on any atom is 0.128 e. The summed E-state index contributed by atoms with van der Waals surface area (Å²) in [4.78, 5) is 7.04. The van der Waals surface area contributed by atoms with Crippen LogP contribution in [0.1, 0.15) is 51.0 Å². The van der Waals surface area contributed by atoms with Crippen LogP contribution in [0, 0.1) is 5.41 Å². The Kier molecular flexibility index (Phi) is 5.77. The molecule has 1 aromatic rings.